The van der Waals surface area contributed by atoms with Crippen molar-refractivity contribution in [3.05, 3.63) is 29.7 Å². The minimum Gasteiger partial charge on any atom is -0.397 e. The Hall–Kier alpha value is -1.95. The van der Waals surface area contributed by atoms with Gasteiger partial charge in [0.1, 0.15) is 0 Å². The van der Waals surface area contributed by atoms with E-state index in [9.17, 15) is 0 Å². The van der Waals surface area contributed by atoms with Gasteiger partial charge in [-0.1, -0.05) is 0 Å². The Morgan fingerprint density at radius 3 is 2.94 bits per heavy atom. The number of hydrogen-bond acceptors (Lipinski definition) is 5. The molecule has 6 heteroatoms. The summed E-state index contributed by atoms with van der Waals surface area (Å²) in [7, 11) is 0. The monoisotopic (exact) mass is 231 g/mol. The zero-order valence-corrected chi connectivity index (χ0v) is 9.40. The van der Waals surface area contributed by atoms with Crippen LogP contribution in [0.3, 0.4) is 0 Å². The van der Waals surface area contributed by atoms with E-state index in [1.807, 2.05) is 22.9 Å². The third kappa shape index (κ3) is 1.20. The summed E-state index contributed by atoms with van der Waals surface area (Å²) < 4.78 is 2.02. The molecule has 16 heavy (non-hydrogen) atoms. The maximum Gasteiger partial charge on any atom is 0.194 e. The van der Waals surface area contributed by atoms with Crippen LogP contribution in [-0.2, 0) is 0 Å². The topological polar surface area (TPSA) is 69.1 Å². The number of aryl methyl sites for hydroxylation is 1. The lowest BCUT2D eigenvalue weighted by molar-refractivity contribution is 1.03. The van der Waals surface area contributed by atoms with Gasteiger partial charge in [0.05, 0.1) is 29.5 Å². The van der Waals surface area contributed by atoms with Crippen LogP contribution in [0.1, 0.15) is 5.69 Å². The molecule has 2 N–H and O–H groups in total. The SMILES string of the molecule is Cc1nc2sccn2c1-c1cnncc1N. The van der Waals surface area contributed by atoms with Crippen molar-refractivity contribution in [2.45, 2.75) is 6.92 Å². The second-order valence-corrected chi connectivity index (χ2v) is 4.33. The van der Waals surface area contributed by atoms with Gasteiger partial charge in [-0.15, -0.1) is 11.3 Å². The molecule has 0 fully saturated rings. The van der Waals surface area contributed by atoms with E-state index >= 15 is 0 Å². The highest BCUT2D eigenvalue weighted by atomic mass is 32.1. The summed E-state index contributed by atoms with van der Waals surface area (Å²) in [5.41, 5.74) is 9.33. The number of anilines is 1. The summed E-state index contributed by atoms with van der Waals surface area (Å²) >= 11 is 1.60. The van der Waals surface area contributed by atoms with Gasteiger partial charge in [0.25, 0.3) is 0 Å². The number of imidazole rings is 1. The van der Waals surface area contributed by atoms with Gasteiger partial charge in [-0.25, -0.2) is 4.98 Å². The van der Waals surface area contributed by atoms with E-state index in [0.29, 0.717) is 5.69 Å². The van der Waals surface area contributed by atoms with Crippen LogP contribution in [-0.4, -0.2) is 19.6 Å². The summed E-state index contributed by atoms with van der Waals surface area (Å²) in [6, 6.07) is 0. The lowest BCUT2D eigenvalue weighted by atomic mass is 10.1. The molecule has 0 atom stereocenters. The third-order valence-corrected chi connectivity index (χ3v) is 3.21. The van der Waals surface area contributed by atoms with Crippen LogP contribution in [0.15, 0.2) is 24.0 Å². The van der Waals surface area contributed by atoms with Crippen LogP contribution in [0.5, 0.6) is 0 Å². The molecule has 0 aliphatic carbocycles. The smallest absolute Gasteiger partial charge is 0.194 e. The fourth-order valence-corrected chi connectivity index (χ4v) is 2.51. The first-order chi connectivity index (χ1) is 7.77. The Bertz CT molecular complexity index is 654. The minimum atomic E-state index is 0.617. The largest absolute Gasteiger partial charge is 0.397 e. The van der Waals surface area contributed by atoms with E-state index in [1.165, 1.54) is 0 Å². The molecule has 3 rings (SSSR count). The van der Waals surface area contributed by atoms with Gasteiger partial charge in [0, 0.05) is 17.1 Å². The average Bonchev–Trinajstić information content (AvgIpc) is 2.79. The molecule has 0 amide bonds. The van der Waals surface area contributed by atoms with Crippen molar-refractivity contribution in [2.75, 3.05) is 5.73 Å². The zero-order valence-electron chi connectivity index (χ0n) is 8.58. The molecule has 3 aromatic heterocycles. The summed E-state index contributed by atoms with van der Waals surface area (Å²) in [5.74, 6) is 0. The molecule has 3 aromatic rings. The van der Waals surface area contributed by atoms with Gasteiger partial charge < -0.3 is 5.73 Å². The van der Waals surface area contributed by atoms with Gasteiger partial charge in [-0.2, -0.15) is 10.2 Å². The zero-order chi connectivity index (χ0) is 11.1. The summed E-state index contributed by atoms with van der Waals surface area (Å²) in [6.45, 7) is 1.97. The van der Waals surface area contributed by atoms with E-state index in [0.717, 1.165) is 21.9 Å². The standard InChI is InChI=1S/C10H9N5S/c1-6-9(7-4-12-13-5-8(7)11)15-2-3-16-10(15)14-6/h2-5H,1H3,(H2,11,12). The minimum absolute atomic E-state index is 0.617. The highest BCUT2D eigenvalue weighted by Gasteiger charge is 2.14. The number of thiazole rings is 1. The molecule has 5 nitrogen and oxygen atoms in total. The number of fused-ring (bicyclic) bond motifs is 1. The number of nitrogens with zero attached hydrogens (tertiary/aromatic N) is 4. The van der Waals surface area contributed by atoms with Crippen molar-refractivity contribution in [3.8, 4) is 11.3 Å². The molecule has 0 radical (unpaired) electrons. The van der Waals surface area contributed by atoms with E-state index in [2.05, 4.69) is 15.2 Å². The number of nitrogen functional groups attached to an aromatic ring is 1. The molecule has 3 heterocycles. The lowest BCUT2D eigenvalue weighted by Gasteiger charge is -2.03. The van der Waals surface area contributed by atoms with Crippen LogP contribution in [0.25, 0.3) is 16.2 Å². The average molecular weight is 231 g/mol. The number of rotatable bonds is 1. The van der Waals surface area contributed by atoms with Crippen molar-refractivity contribution >= 4 is 22.0 Å². The number of hydrogen-bond donors (Lipinski definition) is 1. The molecule has 0 aliphatic heterocycles. The normalized spacial score (nSPS) is 11.1. The quantitative estimate of drug-likeness (QED) is 0.692. The molecule has 0 aromatic carbocycles. The summed E-state index contributed by atoms with van der Waals surface area (Å²) in [5, 5.41) is 9.61. The van der Waals surface area contributed by atoms with Crippen LogP contribution in [0, 0.1) is 6.92 Å². The first-order valence-electron chi connectivity index (χ1n) is 4.76. The van der Waals surface area contributed by atoms with E-state index in [4.69, 9.17) is 5.73 Å². The van der Waals surface area contributed by atoms with Crippen molar-refractivity contribution in [2.24, 2.45) is 0 Å². The third-order valence-electron chi connectivity index (χ3n) is 2.45. The Balaban J connectivity index is 2.37. The molecule has 0 saturated carbocycles. The predicted molar refractivity (Wildman–Crippen MR) is 63.2 cm³/mol. The van der Waals surface area contributed by atoms with Crippen LogP contribution < -0.4 is 5.73 Å². The molecule has 0 unspecified atom stereocenters. The first kappa shape index (κ1) is 9.29. The van der Waals surface area contributed by atoms with Gasteiger partial charge >= 0.3 is 0 Å². The molecule has 0 bridgehead atoms. The maximum atomic E-state index is 5.90. The summed E-state index contributed by atoms with van der Waals surface area (Å²) in [6.07, 6.45) is 5.21. The number of nitrogens with two attached hydrogens (primary N) is 1. The Kier molecular flexibility index (Phi) is 1.90. The molecule has 0 aliphatic rings. The van der Waals surface area contributed by atoms with Gasteiger partial charge in [-0.05, 0) is 6.92 Å². The van der Waals surface area contributed by atoms with Crippen molar-refractivity contribution in [1.82, 2.24) is 19.6 Å². The fraction of sp³-hybridized carbons (Fsp3) is 0.100. The van der Waals surface area contributed by atoms with E-state index in [1.54, 1.807) is 23.7 Å². The molecular weight excluding hydrogens is 222 g/mol. The van der Waals surface area contributed by atoms with Crippen LogP contribution >= 0.6 is 11.3 Å². The molecule has 80 valence electrons. The van der Waals surface area contributed by atoms with Gasteiger partial charge in [-0.3, -0.25) is 4.40 Å². The van der Waals surface area contributed by atoms with E-state index < -0.39 is 0 Å². The van der Waals surface area contributed by atoms with E-state index in [-0.39, 0.29) is 0 Å². The highest BCUT2D eigenvalue weighted by Crippen LogP contribution is 2.29. The lowest BCUT2D eigenvalue weighted by Crippen LogP contribution is -1.96. The Morgan fingerprint density at radius 2 is 2.12 bits per heavy atom. The van der Waals surface area contributed by atoms with Crippen molar-refractivity contribution in [3.63, 3.8) is 0 Å². The number of aromatic nitrogens is 4. The predicted octanol–water partition coefficient (Wildman–Crippen LogP) is 1.74. The highest BCUT2D eigenvalue weighted by molar-refractivity contribution is 7.15. The van der Waals surface area contributed by atoms with Gasteiger partial charge in [0.2, 0.25) is 0 Å². The molecule has 0 spiro atoms. The Morgan fingerprint density at radius 1 is 1.31 bits per heavy atom. The molecular formula is C10H9N5S. The second kappa shape index (κ2) is 3.28. The summed E-state index contributed by atoms with van der Waals surface area (Å²) in [4.78, 5) is 5.43. The Labute approximate surface area is 95.6 Å². The van der Waals surface area contributed by atoms with Crippen molar-refractivity contribution < 1.29 is 0 Å². The van der Waals surface area contributed by atoms with Crippen molar-refractivity contribution in [1.29, 1.82) is 0 Å². The first-order valence-corrected chi connectivity index (χ1v) is 5.64. The van der Waals surface area contributed by atoms with Crippen LogP contribution in [0.4, 0.5) is 5.69 Å². The second-order valence-electron chi connectivity index (χ2n) is 3.46. The fourth-order valence-electron chi connectivity index (χ4n) is 1.75. The maximum absolute atomic E-state index is 5.90. The van der Waals surface area contributed by atoms with Crippen LogP contribution in [0.2, 0.25) is 0 Å². The van der Waals surface area contributed by atoms with Gasteiger partial charge in [0.15, 0.2) is 4.96 Å². The molecule has 0 saturated heterocycles.